The van der Waals surface area contributed by atoms with Gasteiger partial charge in [0.25, 0.3) is 0 Å². The number of furan rings is 1. The topological polar surface area (TPSA) is 59.7 Å². The maximum Gasteiger partial charge on any atom is 0.371 e. The summed E-state index contributed by atoms with van der Waals surface area (Å²) in [5.41, 5.74) is 0.842. The molecular formula is C16H12O4. The molecule has 1 heterocycles. The number of rotatable bonds is 3. The molecule has 4 heteroatoms. The fraction of sp³-hybridized carbons (Fsp3) is 0.0625. The Bertz CT molecular complexity index is 786. The number of aromatic carboxylic acids is 1. The van der Waals surface area contributed by atoms with Crippen molar-refractivity contribution < 1.29 is 19.1 Å². The Balaban J connectivity index is 2.23. The molecule has 0 radical (unpaired) electrons. The third-order valence-corrected chi connectivity index (χ3v) is 3.19. The van der Waals surface area contributed by atoms with Crippen LogP contribution >= 0.6 is 0 Å². The van der Waals surface area contributed by atoms with Crippen LogP contribution in [0.15, 0.2) is 52.9 Å². The summed E-state index contributed by atoms with van der Waals surface area (Å²) >= 11 is 0. The quantitative estimate of drug-likeness (QED) is 0.784. The van der Waals surface area contributed by atoms with Crippen LogP contribution in [0, 0.1) is 0 Å². The summed E-state index contributed by atoms with van der Waals surface area (Å²) in [7, 11) is 1.62. The smallest absolute Gasteiger partial charge is 0.371 e. The first kappa shape index (κ1) is 12.3. The van der Waals surface area contributed by atoms with Crippen LogP contribution in [0.4, 0.5) is 0 Å². The Morgan fingerprint density at radius 2 is 1.80 bits per heavy atom. The lowest BCUT2D eigenvalue weighted by atomic mass is 10.0. The van der Waals surface area contributed by atoms with Gasteiger partial charge >= 0.3 is 5.97 Å². The zero-order valence-electron chi connectivity index (χ0n) is 10.8. The van der Waals surface area contributed by atoms with Crippen LogP contribution in [0.25, 0.3) is 22.1 Å². The van der Waals surface area contributed by atoms with Crippen molar-refractivity contribution in [1.82, 2.24) is 0 Å². The van der Waals surface area contributed by atoms with Gasteiger partial charge in [-0.05, 0) is 29.7 Å². The summed E-state index contributed by atoms with van der Waals surface area (Å²) < 4.78 is 10.7. The van der Waals surface area contributed by atoms with Gasteiger partial charge in [0, 0.05) is 10.9 Å². The molecule has 2 aromatic carbocycles. The van der Waals surface area contributed by atoms with Crippen LogP contribution in [0.3, 0.4) is 0 Å². The lowest BCUT2D eigenvalue weighted by Crippen LogP contribution is -1.91. The molecule has 4 nitrogen and oxygen atoms in total. The van der Waals surface area contributed by atoms with Crippen molar-refractivity contribution in [3.63, 3.8) is 0 Å². The van der Waals surface area contributed by atoms with Crippen molar-refractivity contribution in [1.29, 1.82) is 0 Å². The molecule has 3 rings (SSSR count). The molecule has 0 bridgehead atoms. The first-order valence-corrected chi connectivity index (χ1v) is 6.10. The molecule has 0 amide bonds. The van der Waals surface area contributed by atoms with Gasteiger partial charge in [-0.25, -0.2) is 4.79 Å². The normalized spacial score (nSPS) is 10.7. The third kappa shape index (κ3) is 1.91. The van der Waals surface area contributed by atoms with Gasteiger partial charge in [0.2, 0.25) is 5.76 Å². The molecule has 0 saturated carbocycles. The minimum atomic E-state index is -1.07. The van der Waals surface area contributed by atoms with Crippen molar-refractivity contribution in [3.8, 4) is 17.1 Å². The Kier molecular flexibility index (Phi) is 2.91. The number of benzene rings is 2. The highest BCUT2D eigenvalue weighted by Gasteiger charge is 2.13. The van der Waals surface area contributed by atoms with Crippen molar-refractivity contribution in [2.75, 3.05) is 7.11 Å². The number of carboxylic acid groups (broad SMARTS) is 1. The highest BCUT2D eigenvalue weighted by Crippen LogP contribution is 2.35. The van der Waals surface area contributed by atoms with Gasteiger partial charge in [0.1, 0.15) is 11.5 Å². The van der Waals surface area contributed by atoms with Crippen LogP contribution in [0.2, 0.25) is 0 Å². The van der Waals surface area contributed by atoms with Crippen LogP contribution < -0.4 is 4.74 Å². The van der Waals surface area contributed by atoms with Crippen LogP contribution in [0.5, 0.6) is 5.75 Å². The van der Waals surface area contributed by atoms with Crippen molar-refractivity contribution in [2.45, 2.75) is 0 Å². The van der Waals surface area contributed by atoms with Gasteiger partial charge < -0.3 is 14.3 Å². The summed E-state index contributed by atoms with van der Waals surface area (Å²) in [6.07, 6.45) is 0. The van der Waals surface area contributed by atoms with Gasteiger partial charge in [-0.1, -0.05) is 24.3 Å². The van der Waals surface area contributed by atoms with E-state index in [1.807, 2.05) is 36.4 Å². The van der Waals surface area contributed by atoms with Gasteiger partial charge in [0.15, 0.2) is 0 Å². The predicted molar refractivity (Wildman–Crippen MR) is 75.2 cm³/mol. The Morgan fingerprint density at radius 3 is 2.45 bits per heavy atom. The zero-order valence-corrected chi connectivity index (χ0v) is 10.8. The number of hydrogen-bond donors (Lipinski definition) is 1. The summed E-state index contributed by atoms with van der Waals surface area (Å²) in [6, 6.07) is 14.6. The zero-order chi connectivity index (χ0) is 14.1. The van der Waals surface area contributed by atoms with Crippen LogP contribution in [0.1, 0.15) is 10.6 Å². The van der Waals surface area contributed by atoms with Gasteiger partial charge in [0.05, 0.1) is 7.11 Å². The standard InChI is InChI=1S/C16H12O4/c1-19-13-7-6-12(10-4-2-3-5-11(10)13)14-8-9-15(20-14)16(17)18/h2-9H,1H3,(H,17,18). The molecule has 0 atom stereocenters. The number of ether oxygens (including phenoxy) is 1. The first-order chi connectivity index (χ1) is 9.70. The third-order valence-electron chi connectivity index (χ3n) is 3.19. The minimum Gasteiger partial charge on any atom is -0.496 e. The summed E-state index contributed by atoms with van der Waals surface area (Å²) in [5, 5.41) is 10.8. The van der Waals surface area contributed by atoms with Gasteiger partial charge in [-0.2, -0.15) is 0 Å². The second kappa shape index (κ2) is 4.74. The molecule has 0 spiro atoms. The summed E-state index contributed by atoms with van der Waals surface area (Å²) in [6.45, 7) is 0. The SMILES string of the molecule is COc1ccc(-c2ccc(C(=O)O)o2)c2ccccc12. The molecule has 0 aliphatic heterocycles. The molecule has 0 aliphatic carbocycles. The molecule has 1 aromatic heterocycles. The molecule has 3 aromatic rings. The van der Waals surface area contributed by atoms with Crippen LogP contribution in [-0.4, -0.2) is 18.2 Å². The molecule has 1 N–H and O–H groups in total. The van der Waals surface area contributed by atoms with E-state index in [1.165, 1.54) is 6.07 Å². The Morgan fingerprint density at radius 1 is 1.05 bits per heavy atom. The first-order valence-electron chi connectivity index (χ1n) is 6.10. The second-order valence-electron chi connectivity index (χ2n) is 4.33. The molecule has 0 unspecified atom stereocenters. The van der Waals surface area contributed by atoms with Gasteiger partial charge in [-0.3, -0.25) is 0 Å². The van der Waals surface area contributed by atoms with Crippen molar-refractivity contribution >= 4 is 16.7 Å². The second-order valence-corrected chi connectivity index (χ2v) is 4.33. The average molecular weight is 268 g/mol. The Hall–Kier alpha value is -2.75. The van der Waals surface area contributed by atoms with Crippen molar-refractivity contribution in [2.24, 2.45) is 0 Å². The highest BCUT2D eigenvalue weighted by atomic mass is 16.5. The van der Waals surface area contributed by atoms with Crippen molar-refractivity contribution in [3.05, 3.63) is 54.3 Å². The monoisotopic (exact) mass is 268 g/mol. The van der Waals surface area contributed by atoms with E-state index in [-0.39, 0.29) is 5.76 Å². The predicted octanol–water partition coefficient (Wildman–Crippen LogP) is 3.81. The Labute approximate surface area is 115 Å². The van der Waals surface area contributed by atoms with E-state index < -0.39 is 5.97 Å². The maximum atomic E-state index is 10.9. The molecule has 0 aliphatic rings. The number of carbonyl (C=O) groups is 1. The highest BCUT2D eigenvalue weighted by molar-refractivity contribution is 5.99. The van der Waals surface area contributed by atoms with E-state index >= 15 is 0 Å². The lowest BCUT2D eigenvalue weighted by molar-refractivity contribution is 0.0663. The van der Waals surface area contributed by atoms with E-state index in [2.05, 4.69) is 0 Å². The minimum absolute atomic E-state index is 0.0695. The molecule has 20 heavy (non-hydrogen) atoms. The number of hydrogen-bond acceptors (Lipinski definition) is 3. The molecule has 0 saturated heterocycles. The van der Waals surface area contributed by atoms with E-state index in [0.717, 1.165) is 22.1 Å². The summed E-state index contributed by atoms with van der Waals surface area (Å²) in [4.78, 5) is 10.9. The lowest BCUT2D eigenvalue weighted by Gasteiger charge is -2.08. The average Bonchev–Trinajstić information content (AvgIpc) is 2.96. The van der Waals surface area contributed by atoms with E-state index in [4.69, 9.17) is 14.3 Å². The molecular weight excluding hydrogens is 256 g/mol. The fourth-order valence-electron chi connectivity index (χ4n) is 2.26. The fourth-order valence-corrected chi connectivity index (χ4v) is 2.26. The van der Waals surface area contributed by atoms with E-state index in [0.29, 0.717) is 5.76 Å². The molecule has 100 valence electrons. The van der Waals surface area contributed by atoms with Crippen LogP contribution in [-0.2, 0) is 0 Å². The van der Waals surface area contributed by atoms with Gasteiger partial charge in [-0.15, -0.1) is 0 Å². The van der Waals surface area contributed by atoms with E-state index in [1.54, 1.807) is 13.2 Å². The summed E-state index contributed by atoms with van der Waals surface area (Å²) in [5.74, 6) is 0.157. The number of methoxy groups -OCH3 is 1. The maximum absolute atomic E-state index is 10.9. The van der Waals surface area contributed by atoms with E-state index in [9.17, 15) is 4.79 Å². The largest absolute Gasteiger partial charge is 0.496 e. The number of fused-ring (bicyclic) bond motifs is 1. The number of carboxylic acids is 1. The molecule has 0 fully saturated rings.